The van der Waals surface area contributed by atoms with Crippen LogP contribution >= 0.6 is 0 Å². The Bertz CT molecular complexity index is 802. The zero-order chi connectivity index (χ0) is 17.2. The molecule has 0 fully saturated rings. The van der Waals surface area contributed by atoms with Gasteiger partial charge in [0.1, 0.15) is 12.4 Å². The number of benzene rings is 2. The summed E-state index contributed by atoms with van der Waals surface area (Å²) in [6, 6.07) is 11.0. The summed E-state index contributed by atoms with van der Waals surface area (Å²) in [5.74, 6) is 1.24. The van der Waals surface area contributed by atoms with Gasteiger partial charge < -0.3 is 19.9 Å². The molecular formula is C20H21NO4. The standard InChI is InChI=1S/C20H21NO4/c22-16-10-9-13-5-1-2-6-14(13)15(16)11-21-20(23)19-12-24-17-7-3-4-8-18(17)25-19/h3-4,7-10,19,22H,1-2,5-6,11-12H2,(H,21,23). The van der Waals surface area contributed by atoms with Crippen LogP contribution < -0.4 is 14.8 Å². The van der Waals surface area contributed by atoms with E-state index in [2.05, 4.69) is 5.32 Å². The Hall–Kier alpha value is -2.69. The summed E-state index contributed by atoms with van der Waals surface area (Å²) >= 11 is 0. The summed E-state index contributed by atoms with van der Waals surface area (Å²) in [6.45, 7) is 0.483. The highest BCUT2D eigenvalue weighted by Gasteiger charge is 2.27. The van der Waals surface area contributed by atoms with Gasteiger partial charge in [-0.2, -0.15) is 0 Å². The zero-order valence-corrected chi connectivity index (χ0v) is 14.0. The minimum atomic E-state index is -0.684. The van der Waals surface area contributed by atoms with E-state index in [4.69, 9.17) is 9.47 Å². The van der Waals surface area contributed by atoms with Crippen molar-refractivity contribution in [2.24, 2.45) is 0 Å². The van der Waals surface area contributed by atoms with Crippen LogP contribution in [0, 0.1) is 0 Å². The lowest BCUT2D eigenvalue weighted by Crippen LogP contribution is -2.43. The fourth-order valence-corrected chi connectivity index (χ4v) is 3.53. The predicted molar refractivity (Wildman–Crippen MR) is 92.9 cm³/mol. The van der Waals surface area contributed by atoms with Gasteiger partial charge in [0.15, 0.2) is 11.5 Å². The number of aromatic hydroxyl groups is 1. The molecule has 1 atom stereocenters. The van der Waals surface area contributed by atoms with Crippen LogP contribution in [0.15, 0.2) is 36.4 Å². The third kappa shape index (κ3) is 3.14. The molecule has 0 spiro atoms. The number of amides is 1. The van der Waals surface area contributed by atoms with Gasteiger partial charge in [-0.1, -0.05) is 18.2 Å². The van der Waals surface area contributed by atoms with Crippen molar-refractivity contribution in [3.05, 3.63) is 53.1 Å². The van der Waals surface area contributed by atoms with E-state index in [1.165, 1.54) is 17.5 Å². The van der Waals surface area contributed by atoms with Gasteiger partial charge >= 0.3 is 0 Å². The Morgan fingerprint density at radius 3 is 2.80 bits per heavy atom. The number of carbonyl (C=O) groups is 1. The molecule has 2 aliphatic rings. The molecule has 0 saturated carbocycles. The topological polar surface area (TPSA) is 67.8 Å². The first-order valence-electron chi connectivity index (χ1n) is 8.71. The average molecular weight is 339 g/mol. The van der Waals surface area contributed by atoms with Crippen molar-refractivity contribution in [3.8, 4) is 17.2 Å². The number of fused-ring (bicyclic) bond motifs is 2. The molecule has 2 N–H and O–H groups in total. The molecule has 5 nitrogen and oxygen atoms in total. The van der Waals surface area contributed by atoms with Crippen molar-refractivity contribution >= 4 is 5.91 Å². The average Bonchev–Trinajstić information content (AvgIpc) is 2.66. The van der Waals surface area contributed by atoms with Gasteiger partial charge in [-0.15, -0.1) is 0 Å². The molecule has 1 aliphatic carbocycles. The van der Waals surface area contributed by atoms with E-state index in [9.17, 15) is 9.90 Å². The van der Waals surface area contributed by atoms with E-state index in [-0.39, 0.29) is 18.3 Å². The van der Waals surface area contributed by atoms with Gasteiger partial charge in [0.25, 0.3) is 5.91 Å². The largest absolute Gasteiger partial charge is 0.508 e. The van der Waals surface area contributed by atoms with Crippen LogP contribution in [0.4, 0.5) is 0 Å². The Labute approximate surface area is 146 Å². The molecule has 0 saturated heterocycles. The van der Waals surface area contributed by atoms with Crippen LogP contribution in [-0.2, 0) is 24.2 Å². The first-order valence-corrected chi connectivity index (χ1v) is 8.71. The lowest BCUT2D eigenvalue weighted by Gasteiger charge is -2.26. The van der Waals surface area contributed by atoms with Gasteiger partial charge in [0.05, 0.1) is 0 Å². The van der Waals surface area contributed by atoms with E-state index < -0.39 is 6.10 Å². The number of nitrogens with one attached hydrogen (secondary N) is 1. The lowest BCUT2D eigenvalue weighted by molar-refractivity contribution is -0.130. The first-order chi connectivity index (χ1) is 12.2. The van der Waals surface area contributed by atoms with Crippen molar-refractivity contribution in [2.45, 2.75) is 38.3 Å². The normalized spacial score (nSPS) is 18.3. The van der Waals surface area contributed by atoms with E-state index in [0.717, 1.165) is 24.8 Å². The van der Waals surface area contributed by atoms with Crippen LogP contribution in [0.5, 0.6) is 17.2 Å². The maximum Gasteiger partial charge on any atom is 0.264 e. The smallest absolute Gasteiger partial charge is 0.264 e. The molecule has 0 radical (unpaired) electrons. The summed E-state index contributed by atoms with van der Waals surface area (Å²) in [5.41, 5.74) is 3.28. The quantitative estimate of drug-likeness (QED) is 0.902. The maximum absolute atomic E-state index is 12.5. The van der Waals surface area contributed by atoms with Crippen molar-refractivity contribution in [2.75, 3.05) is 6.61 Å². The highest BCUT2D eigenvalue weighted by molar-refractivity contribution is 5.81. The molecule has 2 aromatic carbocycles. The highest BCUT2D eigenvalue weighted by atomic mass is 16.6. The molecule has 0 bridgehead atoms. The summed E-state index contributed by atoms with van der Waals surface area (Å²) in [5, 5.41) is 13.1. The number of aryl methyl sites for hydroxylation is 1. The highest BCUT2D eigenvalue weighted by Crippen LogP contribution is 2.32. The number of phenolic OH excluding ortho intramolecular Hbond substituents is 1. The second kappa shape index (κ2) is 6.67. The molecule has 1 amide bonds. The van der Waals surface area contributed by atoms with Crippen molar-refractivity contribution in [3.63, 3.8) is 0 Å². The summed E-state index contributed by atoms with van der Waals surface area (Å²) in [4.78, 5) is 12.5. The fraction of sp³-hybridized carbons (Fsp3) is 0.350. The Balaban J connectivity index is 1.45. The predicted octanol–water partition coefficient (Wildman–Crippen LogP) is 2.73. The van der Waals surface area contributed by atoms with Crippen molar-refractivity contribution in [1.82, 2.24) is 5.32 Å². The van der Waals surface area contributed by atoms with Gasteiger partial charge in [-0.3, -0.25) is 4.79 Å². The van der Waals surface area contributed by atoms with Crippen LogP contribution in [0.25, 0.3) is 0 Å². The number of para-hydroxylation sites is 2. The van der Waals surface area contributed by atoms with E-state index >= 15 is 0 Å². The van der Waals surface area contributed by atoms with Gasteiger partial charge in [-0.25, -0.2) is 0 Å². The first kappa shape index (κ1) is 15.8. The SMILES string of the molecule is O=C(NCc1c(O)ccc2c1CCCC2)C1COc2ccccc2O1. The van der Waals surface area contributed by atoms with Crippen LogP contribution in [0.2, 0.25) is 0 Å². The molecule has 0 aromatic heterocycles. The molecule has 4 rings (SSSR count). The second-order valence-electron chi connectivity index (χ2n) is 6.49. The fourth-order valence-electron chi connectivity index (χ4n) is 3.53. The van der Waals surface area contributed by atoms with Gasteiger partial charge in [-0.05, 0) is 55.0 Å². The molecule has 130 valence electrons. The molecule has 1 heterocycles. The number of hydrogen-bond donors (Lipinski definition) is 2. The monoisotopic (exact) mass is 339 g/mol. The number of rotatable bonds is 3. The molecule has 1 aliphatic heterocycles. The Morgan fingerprint density at radius 1 is 1.12 bits per heavy atom. The third-order valence-corrected chi connectivity index (χ3v) is 4.87. The summed E-state index contributed by atoms with van der Waals surface area (Å²) in [7, 11) is 0. The molecule has 25 heavy (non-hydrogen) atoms. The van der Waals surface area contributed by atoms with Crippen molar-refractivity contribution in [1.29, 1.82) is 0 Å². The Kier molecular flexibility index (Phi) is 4.22. The van der Waals surface area contributed by atoms with Crippen LogP contribution in [0.3, 0.4) is 0 Å². The third-order valence-electron chi connectivity index (χ3n) is 4.87. The number of hydrogen-bond acceptors (Lipinski definition) is 4. The molecule has 5 heteroatoms. The van der Waals surface area contributed by atoms with Crippen molar-refractivity contribution < 1.29 is 19.4 Å². The minimum absolute atomic E-state index is 0.182. The molecule has 2 aromatic rings. The summed E-state index contributed by atoms with van der Waals surface area (Å²) < 4.78 is 11.3. The Morgan fingerprint density at radius 2 is 1.92 bits per heavy atom. The second-order valence-corrected chi connectivity index (χ2v) is 6.49. The van der Waals surface area contributed by atoms with Gasteiger partial charge in [0.2, 0.25) is 6.10 Å². The van der Waals surface area contributed by atoms with Crippen LogP contribution in [-0.4, -0.2) is 23.7 Å². The minimum Gasteiger partial charge on any atom is -0.508 e. The number of carbonyl (C=O) groups excluding carboxylic acids is 1. The maximum atomic E-state index is 12.5. The number of ether oxygens (including phenoxy) is 2. The summed E-state index contributed by atoms with van der Waals surface area (Å²) in [6.07, 6.45) is 3.60. The van der Waals surface area contributed by atoms with E-state index in [1.807, 2.05) is 24.3 Å². The zero-order valence-electron chi connectivity index (χ0n) is 14.0. The lowest BCUT2D eigenvalue weighted by atomic mass is 9.87. The van der Waals surface area contributed by atoms with Gasteiger partial charge in [0, 0.05) is 12.1 Å². The van der Waals surface area contributed by atoms with E-state index in [0.29, 0.717) is 18.0 Å². The molecular weight excluding hydrogens is 318 g/mol. The van der Waals surface area contributed by atoms with Crippen LogP contribution in [0.1, 0.15) is 29.5 Å². The van der Waals surface area contributed by atoms with E-state index in [1.54, 1.807) is 12.1 Å². The molecule has 1 unspecified atom stereocenters. The number of phenols is 1.